The van der Waals surface area contributed by atoms with Gasteiger partial charge in [-0.25, -0.2) is 0 Å². The number of nitrogens with zero attached hydrogens (tertiary/aromatic N) is 3. The van der Waals surface area contributed by atoms with Crippen LogP contribution in [0, 0.1) is 20.2 Å². The number of benzene rings is 1. The van der Waals surface area contributed by atoms with Crippen LogP contribution in [0.3, 0.4) is 0 Å². The lowest BCUT2D eigenvalue weighted by atomic mass is 10.0. The summed E-state index contributed by atoms with van der Waals surface area (Å²) in [6, 6.07) is 3.05. The van der Waals surface area contributed by atoms with Gasteiger partial charge >= 0.3 is 0 Å². The number of hydrogen-bond donors (Lipinski definition) is 2. The molecule has 1 aromatic carbocycles. The van der Waals surface area contributed by atoms with Gasteiger partial charge in [-0.05, 0) is 50.7 Å². The Hall–Kier alpha value is -2.81. The Morgan fingerprint density at radius 1 is 1.03 bits per heavy atom. The maximum Gasteiger partial charge on any atom is 0.299 e. The van der Waals surface area contributed by atoms with Crippen molar-refractivity contribution >= 4 is 34.7 Å². The van der Waals surface area contributed by atoms with Crippen molar-refractivity contribution in [1.82, 2.24) is 9.88 Å². The van der Waals surface area contributed by atoms with E-state index in [0.717, 1.165) is 38.5 Å². The summed E-state index contributed by atoms with van der Waals surface area (Å²) in [6.07, 6.45) is 6.41. The summed E-state index contributed by atoms with van der Waals surface area (Å²) in [6.45, 7) is 1.24. The Bertz CT molecular complexity index is 1020. The highest BCUT2D eigenvalue weighted by molar-refractivity contribution is 6.02. The van der Waals surface area contributed by atoms with Gasteiger partial charge < -0.3 is 15.0 Å². The molecule has 0 saturated carbocycles. The van der Waals surface area contributed by atoms with E-state index in [1.807, 2.05) is 4.57 Å². The van der Waals surface area contributed by atoms with E-state index >= 15 is 0 Å². The molecule has 2 aliphatic heterocycles. The zero-order chi connectivity index (χ0) is 20.5. The second-order valence-electron chi connectivity index (χ2n) is 7.69. The summed E-state index contributed by atoms with van der Waals surface area (Å²) in [5, 5.41) is 38.1. The van der Waals surface area contributed by atoms with E-state index in [1.54, 1.807) is 6.07 Å². The van der Waals surface area contributed by atoms with Crippen molar-refractivity contribution in [1.29, 1.82) is 0 Å². The number of aromatic nitrogens is 1. The number of phenolic OH excluding ortho intramolecular Hbond substituents is 1. The van der Waals surface area contributed by atoms with Crippen LogP contribution in [0.4, 0.5) is 5.69 Å². The smallest absolute Gasteiger partial charge is 0.299 e. The van der Waals surface area contributed by atoms with E-state index in [9.17, 15) is 25.3 Å². The van der Waals surface area contributed by atoms with Crippen LogP contribution in [-0.4, -0.2) is 26.1 Å². The molecule has 1 saturated heterocycles. The monoisotopic (exact) mass is 436 g/mol. The number of aryl methyl sites for hydroxylation is 1. The van der Waals surface area contributed by atoms with Gasteiger partial charge in [-0.1, -0.05) is 12.8 Å². The molecule has 0 amide bonds. The number of aromatic hydroxyl groups is 1. The van der Waals surface area contributed by atoms with Crippen LogP contribution in [0.5, 0.6) is 5.75 Å². The lowest BCUT2D eigenvalue weighted by Crippen LogP contribution is -2.17. The molecule has 4 rings (SSSR count). The lowest BCUT2D eigenvalue weighted by Gasteiger charge is -2.11. The zero-order valence-corrected chi connectivity index (χ0v) is 17.4. The topological polar surface area (TPSA) is 123 Å². The largest absolute Gasteiger partial charge is 0.507 e. The molecule has 1 fully saturated rings. The van der Waals surface area contributed by atoms with Crippen molar-refractivity contribution in [3.63, 3.8) is 0 Å². The molecule has 0 unspecified atom stereocenters. The summed E-state index contributed by atoms with van der Waals surface area (Å²) in [7, 11) is 0. The molecule has 0 bridgehead atoms. The van der Waals surface area contributed by atoms with Crippen molar-refractivity contribution < 1.29 is 15.0 Å². The van der Waals surface area contributed by atoms with E-state index in [4.69, 9.17) is 0 Å². The molecule has 0 radical (unpaired) electrons. The zero-order valence-electron chi connectivity index (χ0n) is 16.6. The number of nitrogens with one attached hydrogen (secondary N) is 1. The van der Waals surface area contributed by atoms with Gasteiger partial charge in [0.1, 0.15) is 11.3 Å². The number of fused-ring (bicyclic) bond motifs is 3. The number of nitro groups is 2. The van der Waals surface area contributed by atoms with Crippen LogP contribution < -0.4 is 5.32 Å². The predicted molar refractivity (Wildman–Crippen MR) is 115 cm³/mol. The molecule has 0 spiro atoms. The van der Waals surface area contributed by atoms with Crippen molar-refractivity contribution in [3.8, 4) is 5.75 Å². The third kappa shape index (κ3) is 3.69. The van der Waals surface area contributed by atoms with Gasteiger partial charge in [-0.15, -0.1) is 12.4 Å². The first-order chi connectivity index (χ1) is 14.0. The lowest BCUT2D eigenvalue weighted by molar-refractivity contribution is -0.384. The minimum absolute atomic E-state index is 0. The van der Waals surface area contributed by atoms with Crippen LogP contribution in [-0.2, 0) is 13.0 Å². The van der Waals surface area contributed by atoms with Gasteiger partial charge in [0.15, 0.2) is 0 Å². The fourth-order valence-corrected chi connectivity index (χ4v) is 4.63. The van der Waals surface area contributed by atoms with E-state index in [2.05, 4.69) is 5.32 Å². The van der Waals surface area contributed by atoms with E-state index in [-0.39, 0.29) is 40.5 Å². The molecule has 2 aliphatic rings. The number of allylic oxidation sites excluding steroid dienone is 1. The summed E-state index contributed by atoms with van der Waals surface area (Å²) in [5.74, 6) is -0.299. The molecule has 2 N–H and O–H groups in total. The highest BCUT2D eigenvalue weighted by atomic mass is 35.5. The molecule has 3 heterocycles. The van der Waals surface area contributed by atoms with E-state index in [0.29, 0.717) is 42.8 Å². The molecule has 9 nitrogen and oxygen atoms in total. The van der Waals surface area contributed by atoms with Crippen LogP contribution in [0.15, 0.2) is 17.8 Å². The van der Waals surface area contributed by atoms with Gasteiger partial charge in [-0.2, -0.15) is 0 Å². The van der Waals surface area contributed by atoms with Crippen molar-refractivity contribution in [2.24, 2.45) is 0 Å². The van der Waals surface area contributed by atoms with E-state index < -0.39 is 9.85 Å². The summed E-state index contributed by atoms with van der Waals surface area (Å²) in [4.78, 5) is 23.2. The van der Waals surface area contributed by atoms with Gasteiger partial charge in [0.05, 0.1) is 32.1 Å². The Morgan fingerprint density at radius 3 is 2.50 bits per heavy atom. The minimum Gasteiger partial charge on any atom is -0.507 e. The average Bonchev–Trinajstić information content (AvgIpc) is 2.90. The highest BCUT2D eigenvalue weighted by Gasteiger charge is 2.35. The molecule has 0 atom stereocenters. The maximum atomic E-state index is 12.1. The van der Waals surface area contributed by atoms with Gasteiger partial charge in [-0.3, -0.25) is 20.2 Å². The summed E-state index contributed by atoms with van der Waals surface area (Å²) < 4.78 is 1.91. The summed E-state index contributed by atoms with van der Waals surface area (Å²) in [5.41, 5.74) is 1.21. The fourth-order valence-electron chi connectivity index (χ4n) is 4.63. The predicted octanol–water partition coefficient (Wildman–Crippen LogP) is 4.51. The molecule has 0 aliphatic carbocycles. The second-order valence-corrected chi connectivity index (χ2v) is 7.69. The number of hydrogen-bond acceptors (Lipinski definition) is 6. The molecule has 30 heavy (non-hydrogen) atoms. The van der Waals surface area contributed by atoms with Crippen LogP contribution in [0.1, 0.15) is 56.2 Å². The quantitative estimate of drug-likeness (QED) is 0.538. The first kappa shape index (κ1) is 21.9. The van der Waals surface area contributed by atoms with Crippen molar-refractivity contribution in [2.45, 2.75) is 57.9 Å². The van der Waals surface area contributed by atoms with Crippen LogP contribution >= 0.6 is 12.4 Å². The molecule has 2 aromatic rings. The third-order valence-corrected chi connectivity index (χ3v) is 5.91. The van der Waals surface area contributed by atoms with Crippen molar-refractivity contribution in [3.05, 3.63) is 49.3 Å². The maximum absolute atomic E-state index is 12.1. The Labute approximate surface area is 179 Å². The minimum atomic E-state index is -0.519. The second kappa shape index (κ2) is 8.91. The van der Waals surface area contributed by atoms with Crippen molar-refractivity contribution in [2.75, 3.05) is 6.54 Å². The van der Waals surface area contributed by atoms with Crippen LogP contribution in [0.25, 0.3) is 16.6 Å². The SMILES string of the molecule is Cl.O=[N+]([O-])C(=C1CCCCCN1)c1c(O)ccc2c1c([N+](=O)[O-])c1n2CCCCC1. The van der Waals surface area contributed by atoms with Gasteiger partial charge in [0.25, 0.3) is 11.4 Å². The molecule has 10 heteroatoms. The Kier molecular flexibility index (Phi) is 6.50. The van der Waals surface area contributed by atoms with Gasteiger partial charge in [0, 0.05) is 13.1 Å². The molecule has 1 aromatic heterocycles. The molecular formula is C20H25ClN4O5. The molecular weight excluding hydrogens is 412 g/mol. The summed E-state index contributed by atoms with van der Waals surface area (Å²) >= 11 is 0. The van der Waals surface area contributed by atoms with Gasteiger partial charge in [0.2, 0.25) is 0 Å². The first-order valence-corrected chi connectivity index (χ1v) is 10.1. The Morgan fingerprint density at radius 2 is 1.77 bits per heavy atom. The number of rotatable bonds is 3. The number of halogens is 1. The third-order valence-electron chi connectivity index (χ3n) is 5.91. The number of phenols is 1. The highest BCUT2D eigenvalue weighted by Crippen LogP contribution is 2.44. The van der Waals surface area contributed by atoms with E-state index in [1.165, 1.54) is 6.07 Å². The normalized spacial score (nSPS) is 18.4. The molecule has 162 valence electrons. The Balaban J connectivity index is 0.00000256. The fraction of sp³-hybridized carbons (Fsp3) is 0.500. The van der Waals surface area contributed by atoms with Crippen LogP contribution in [0.2, 0.25) is 0 Å². The first-order valence-electron chi connectivity index (χ1n) is 10.1. The average molecular weight is 437 g/mol. The standard InChI is InChI=1S/C20H24N4O5.ClH/c25-16-10-9-14-17(20(24(28)29)15-8-4-2-6-12-22(14)15)18(16)19(23(26)27)13-7-3-1-5-11-21-13;/h9-10,21,25H,1-8,11-12H2;1H.